The van der Waals surface area contributed by atoms with Crippen molar-refractivity contribution in [3.63, 3.8) is 0 Å². The quantitative estimate of drug-likeness (QED) is 0.750. The van der Waals surface area contributed by atoms with Crippen LogP contribution in [0.4, 0.5) is 13.2 Å². The number of hydrogen-bond donors (Lipinski definition) is 1. The van der Waals surface area contributed by atoms with E-state index in [1.807, 2.05) is 0 Å². The molecule has 0 bridgehead atoms. The minimum absolute atomic E-state index is 0.288. The lowest BCUT2D eigenvalue weighted by atomic mass is 10.2. The van der Waals surface area contributed by atoms with Crippen molar-refractivity contribution in [2.75, 3.05) is 0 Å². The third-order valence-electron chi connectivity index (χ3n) is 1.51. The Labute approximate surface area is 91.2 Å². The molecule has 2 N–H and O–H groups in total. The summed E-state index contributed by atoms with van der Waals surface area (Å²) in [6.45, 7) is 1.68. The molecule has 0 fully saturated rings. The highest BCUT2D eigenvalue weighted by Gasteiger charge is 2.30. The molecule has 1 unspecified atom stereocenters. The summed E-state index contributed by atoms with van der Waals surface area (Å²) < 4.78 is 39.5. The fourth-order valence-electron chi connectivity index (χ4n) is 0.968. The van der Waals surface area contributed by atoms with E-state index in [9.17, 15) is 13.2 Å². The van der Waals surface area contributed by atoms with E-state index >= 15 is 0 Å². The van der Waals surface area contributed by atoms with Crippen LogP contribution in [-0.2, 0) is 0 Å². The molecular formula is C11H10F3NO. The largest absolute Gasteiger partial charge is 0.573 e. The molecule has 0 aliphatic heterocycles. The minimum Gasteiger partial charge on any atom is -0.406 e. The van der Waals surface area contributed by atoms with Gasteiger partial charge >= 0.3 is 6.36 Å². The predicted octanol–water partition coefficient (Wildman–Crippen LogP) is 2.28. The molecule has 0 amide bonds. The van der Waals surface area contributed by atoms with Crippen LogP contribution in [0.15, 0.2) is 24.3 Å². The van der Waals surface area contributed by atoms with E-state index in [-0.39, 0.29) is 11.8 Å². The fraction of sp³-hybridized carbons (Fsp3) is 0.273. The Morgan fingerprint density at radius 2 is 2.06 bits per heavy atom. The van der Waals surface area contributed by atoms with Gasteiger partial charge in [0.05, 0.1) is 6.04 Å². The fourth-order valence-corrected chi connectivity index (χ4v) is 0.968. The maximum Gasteiger partial charge on any atom is 0.573 e. The summed E-state index contributed by atoms with van der Waals surface area (Å²) in [5, 5.41) is 0. The molecule has 86 valence electrons. The third-order valence-corrected chi connectivity index (χ3v) is 1.51. The van der Waals surface area contributed by atoms with Crippen LogP contribution in [0.1, 0.15) is 12.5 Å². The highest BCUT2D eigenvalue weighted by atomic mass is 19.4. The van der Waals surface area contributed by atoms with Gasteiger partial charge in [-0.1, -0.05) is 17.9 Å². The summed E-state index contributed by atoms with van der Waals surface area (Å²) in [5.41, 5.74) is 5.82. The lowest BCUT2D eigenvalue weighted by Crippen LogP contribution is -2.17. The van der Waals surface area contributed by atoms with Crippen molar-refractivity contribution in [2.24, 2.45) is 5.73 Å². The van der Waals surface area contributed by atoms with Gasteiger partial charge in [-0.25, -0.2) is 0 Å². The number of halogens is 3. The van der Waals surface area contributed by atoms with E-state index in [0.717, 1.165) is 0 Å². The molecule has 2 nitrogen and oxygen atoms in total. The van der Waals surface area contributed by atoms with E-state index in [1.54, 1.807) is 13.0 Å². The topological polar surface area (TPSA) is 35.2 Å². The highest BCUT2D eigenvalue weighted by Crippen LogP contribution is 2.22. The summed E-state index contributed by atoms with van der Waals surface area (Å²) in [7, 11) is 0. The SMILES string of the molecule is CC(N)C#Cc1cccc(OC(F)(F)F)c1. The van der Waals surface area contributed by atoms with E-state index in [0.29, 0.717) is 5.56 Å². The molecule has 0 aliphatic rings. The van der Waals surface area contributed by atoms with Crippen LogP contribution in [0, 0.1) is 11.8 Å². The van der Waals surface area contributed by atoms with Crippen molar-refractivity contribution in [1.29, 1.82) is 0 Å². The summed E-state index contributed by atoms with van der Waals surface area (Å²) >= 11 is 0. The Morgan fingerprint density at radius 3 is 2.62 bits per heavy atom. The normalized spacial score (nSPS) is 12.6. The third kappa shape index (κ3) is 4.71. The standard InChI is InChI=1S/C11H10F3NO/c1-8(15)5-6-9-3-2-4-10(7-9)16-11(12,13)14/h2-4,7-8H,15H2,1H3. The summed E-state index contributed by atoms with van der Waals surface area (Å²) in [5.74, 6) is 5.00. The van der Waals surface area contributed by atoms with Crippen LogP contribution in [0.5, 0.6) is 5.75 Å². The van der Waals surface area contributed by atoms with Crippen molar-refractivity contribution in [3.05, 3.63) is 29.8 Å². The molecule has 1 atom stereocenters. The van der Waals surface area contributed by atoms with Gasteiger partial charge in [-0.05, 0) is 25.1 Å². The lowest BCUT2D eigenvalue weighted by molar-refractivity contribution is -0.274. The maximum absolute atomic E-state index is 11.9. The first-order valence-corrected chi connectivity index (χ1v) is 4.50. The Hall–Kier alpha value is -1.67. The predicted molar refractivity (Wildman–Crippen MR) is 53.7 cm³/mol. The molecule has 5 heteroatoms. The minimum atomic E-state index is -4.69. The number of ether oxygens (including phenoxy) is 1. The smallest absolute Gasteiger partial charge is 0.406 e. The van der Waals surface area contributed by atoms with Crippen LogP contribution >= 0.6 is 0 Å². The number of alkyl halides is 3. The van der Waals surface area contributed by atoms with E-state index in [1.165, 1.54) is 18.2 Å². The van der Waals surface area contributed by atoms with Gasteiger partial charge in [0.15, 0.2) is 0 Å². The summed E-state index contributed by atoms with van der Waals surface area (Å²) in [4.78, 5) is 0. The number of hydrogen-bond acceptors (Lipinski definition) is 2. The van der Waals surface area contributed by atoms with Crippen molar-refractivity contribution in [3.8, 4) is 17.6 Å². The molecule has 0 radical (unpaired) electrons. The first-order valence-electron chi connectivity index (χ1n) is 4.50. The lowest BCUT2D eigenvalue weighted by Gasteiger charge is -2.08. The summed E-state index contributed by atoms with van der Waals surface area (Å²) in [6.07, 6.45) is -4.69. The number of benzene rings is 1. The molecule has 0 spiro atoms. The molecule has 1 aromatic carbocycles. The molecule has 0 saturated heterocycles. The molecular weight excluding hydrogens is 219 g/mol. The van der Waals surface area contributed by atoms with Crippen LogP contribution in [0.2, 0.25) is 0 Å². The van der Waals surface area contributed by atoms with Gasteiger partial charge in [0.2, 0.25) is 0 Å². The first-order chi connectivity index (χ1) is 7.37. The van der Waals surface area contributed by atoms with Crippen LogP contribution in [-0.4, -0.2) is 12.4 Å². The highest BCUT2D eigenvalue weighted by molar-refractivity contribution is 5.40. The van der Waals surface area contributed by atoms with Crippen molar-refractivity contribution >= 4 is 0 Å². The van der Waals surface area contributed by atoms with E-state index in [4.69, 9.17) is 5.73 Å². The molecule has 1 aromatic rings. The molecule has 0 saturated carbocycles. The molecule has 1 rings (SSSR count). The van der Waals surface area contributed by atoms with Gasteiger partial charge in [-0.3, -0.25) is 0 Å². The maximum atomic E-state index is 11.9. The van der Waals surface area contributed by atoms with Crippen LogP contribution in [0.3, 0.4) is 0 Å². The van der Waals surface area contributed by atoms with Crippen LogP contribution < -0.4 is 10.5 Å². The van der Waals surface area contributed by atoms with Gasteiger partial charge in [0, 0.05) is 5.56 Å². The van der Waals surface area contributed by atoms with Gasteiger partial charge in [-0.2, -0.15) is 0 Å². The molecule has 16 heavy (non-hydrogen) atoms. The first kappa shape index (κ1) is 12.4. The van der Waals surface area contributed by atoms with Crippen molar-refractivity contribution < 1.29 is 17.9 Å². The molecule has 0 heterocycles. The summed E-state index contributed by atoms with van der Waals surface area (Å²) in [6, 6.07) is 5.12. The Morgan fingerprint density at radius 1 is 1.38 bits per heavy atom. The monoisotopic (exact) mass is 229 g/mol. The van der Waals surface area contributed by atoms with E-state index < -0.39 is 6.36 Å². The molecule has 0 aromatic heterocycles. The Balaban J connectivity index is 2.85. The van der Waals surface area contributed by atoms with Crippen molar-refractivity contribution in [2.45, 2.75) is 19.3 Å². The second-order valence-corrected chi connectivity index (χ2v) is 3.13. The number of rotatable bonds is 1. The zero-order valence-electron chi connectivity index (χ0n) is 8.51. The number of nitrogens with two attached hydrogens (primary N) is 1. The second-order valence-electron chi connectivity index (χ2n) is 3.13. The second kappa shape index (κ2) is 4.90. The van der Waals surface area contributed by atoms with Crippen molar-refractivity contribution in [1.82, 2.24) is 0 Å². The molecule has 0 aliphatic carbocycles. The average molecular weight is 229 g/mol. The van der Waals surface area contributed by atoms with Crippen LogP contribution in [0.25, 0.3) is 0 Å². The zero-order valence-corrected chi connectivity index (χ0v) is 8.51. The average Bonchev–Trinajstić information content (AvgIpc) is 2.12. The van der Waals surface area contributed by atoms with E-state index in [2.05, 4.69) is 16.6 Å². The van der Waals surface area contributed by atoms with Gasteiger partial charge in [0.25, 0.3) is 0 Å². The Bertz CT molecular complexity index is 415. The van der Waals surface area contributed by atoms with Gasteiger partial charge < -0.3 is 10.5 Å². The Kier molecular flexibility index (Phi) is 3.80. The van der Waals surface area contributed by atoms with Gasteiger partial charge in [0.1, 0.15) is 5.75 Å². The zero-order chi connectivity index (χ0) is 12.2. The van der Waals surface area contributed by atoms with Gasteiger partial charge in [-0.15, -0.1) is 13.2 Å².